The maximum absolute atomic E-state index is 13.3. The smallest absolute Gasteiger partial charge is 0.291 e. The Hall–Kier alpha value is -4.32. The van der Waals surface area contributed by atoms with Crippen LogP contribution in [-0.4, -0.2) is 16.2 Å². The summed E-state index contributed by atoms with van der Waals surface area (Å²) in [6.07, 6.45) is 2.58. The van der Waals surface area contributed by atoms with Crippen molar-refractivity contribution in [2.45, 2.75) is 39.7 Å². The molecule has 0 spiro atoms. The Morgan fingerprint density at radius 2 is 1.72 bits per heavy atom. The van der Waals surface area contributed by atoms with E-state index >= 15 is 0 Å². The predicted molar refractivity (Wildman–Crippen MR) is 146 cm³/mol. The van der Waals surface area contributed by atoms with E-state index in [1.165, 1.54) is 10.9 Å². The van der Waals surface area contributed by atoms with Crippen LogP contribution in [0.15, 0.2) is 82.3 Å². The van der Waals surface area contributed by atoms with Crippen LogP contribution in [0.2, 0.25) is 0 Å². The molecular formula is C30H28N4O2. The van der Waals surface area contributed by atoms with Crippen LogP contribution in [0, 0.1) is 6.92 Å². The van der Waals surface area contributed by atoms with Gasteiger partial charge in [0.25, 0.3) is 5.91 Å². The number of carbonyl (C=O) groups excluding carboxylic acids is 1. The van der Waals surface area contributed by atoms with Crippen LogP contribution in [0.3, 0.4) is 0 Å². The van der Waals surface area contributed by atoms with Gasteiger partial charge in [0.2, 0.25) is 0 Å². The lowest BCUT2D eigenvalue weighted by molar-refractivity contribution is 0.0994. The Morgan fingerprint density at radius 1 is 0.944 bits per heavy atom. The third kappa shape index (κ3) is 3.75. The first-order valence-electron chi connectivity index (χ1n) is 12.5. The highest BCUT2D eigenvalue weighted by Gasteiger charge is 2.28. The predicted octanol–water partition coefficient (Wildman–Crippen LogP) is 7.12. The molecule has 3 aromatic carbocycles. The summed E-state index contributed by atoms with van der Waals surface area (Å²) in [7, 11) is 0. The van der Waals surface area contributed by atoms with Crippen molar-refractivity contribution in [1.82, 2.24) is 4.57 Å². The molecule has 0 saturated heterocycles. The van der Waals surface area contributed by atoms with Crippen LogP contribution in [0.4, 0.5) is 11.4 Å². The zero-order valence-electron chi connectivity index (χ0n) is 20.5. The maximum atomic E-state index is 13.3. The minimum atomic E-state index is -0.240. The standard InChI is InChI=1S/C30H28N4O2/c1-3-34-25-14-8-7-12-22(25)23-18-21(16-17-26(23)34)31-30(35)29-19(2)28-24(13-9-15-27(28)36-29)33-32-20-10-5-4-6-11-20/h4-8,10-12,14,16-18,32H,3,9,13,15H2,1-2H3,(H,31,35)/b33-24+. The second-order valence-electron chi connectivity index (χ2n) is 9.19. The minimum absolute atomic E-state index is 0.240. The van der Waals surface area contributed by atoms with Gasteiger partial charge in [0.1, 0.15) is 5.76 Å². The highest BCUT2D eigenvalue weighted by Crippen LogP contribution is 2.33. The van der Waals surface area contributed by atoms with Crippen LogP contribution in [0.25, 0.3) is 21.8 Å². The number of amides is 1. The fourth-order valence-corrected chi connectivity index (χ4v) is 5.30. The number of fused-ring (bicyclic) bond motifs is 4. The second kappa shape index (κ2) is 9.04. The molecule has 0 saturated carbocycles. The summed E-state index contributed by atoms with van der Waals surface area (Å²) in [5.74, 6) is 0.945. The molecule has 36 heavy (non-hydrogen) atoms. The molecular weight excluding hydrogens is 448 g/mol. The van der Waals surface area contributed by atoms with Gasteiger partial charge in [0.05, 0.1) is 11.4 Å². The number of anilines is 2. The number of para-hydroxylation sites is 2. The van der Waals surface area contributed by atoms with Crippen molar-refractivity contribution in [3.8, 4) is 0 Å². The summed E-state index contributed by atoms with van der Waals surface area (Å²) in [6, 6.07) is 24.3. The summed E-state index contributed by atoms with van der Waals surface area (Å²) in [4.78, 5) is 13.3. The molecule has 0 radical (unpaired) electrons. The van der Waals surface area contributed by atoms with E-state index in [9.17, 15) is 4.79 Å². The zero-order valence-corrected chi connectivity index (χ0v) is 20.5. The van der Waals surface area contributed by atoms with Crippen LogP contribution >= 0.6 is 0 Å². The molecule has 2 N–H and O–H groups in total. The molecule has 2 aromatic heterocycles. The topological polar surface area (TPSA) is 71.6 Å². The van der Waals surface area contributed by atoms with E-state index in [1.807, 2.05) is 43.3 Å². The van der Waals surface area contributed by atoms with Gasteiger partial charge >= 0.3 is 0 Å². The van der Waals surface area contributed by atoms with Crippen molar-refractivity contribution in [2.75, 3.05) is 10.7 Å². The fourth-order valence-electron chi connectivity index (χ4n) is 5.30. The molecule has 0 unspecified atom stereocenters. The second-order valence-corrected chi connectivity index (χ2v) is 9.19. The first kappa shape index (κ1) is 22.2. The van der Waals surface area contributed by atoms with Gasteiger partial charge in [-0.15, -0.1) is 0 Å². The molecule has 6 nitrogen and oxygen atoms in total. The third-order valence-corrected chi connectivity index (χ3v) is 6.97. The average Bonchev–Trinajstić information content (AvgIpc) is 3.42. The van der Waals surface area contributed by atoms with E-state index in [-0.39, 0.29) is 5.91 Å². The van der Waals surface area contributed by atoms with Crippen LogP contribution in [0.1, 0.15) is 47.2 Å². The number of hydrogen-bond donors (Lipinski definition) is 2. The monoisotopic (exact) mass is 476 g/mol. The Kier molecular flexibility index (Phi) is 5.56. The van der Waals surface area contributed by atoms with Crippen molar-refractivity contribution in [3.63, 3.8) is 0 Å². The number of nitrogens with one attached hydrogen (secondary N) is 2. The van der Waals surface area contributed by atoms with Gasteiger partial charge in [0, 0.05) is 51.6 Å². The van der Waals surface area contributed by atoms with Crippen molar-refractivity contribution >= 4 is 44.8 Å². The van der Waals surface area contributed by atoms with Gasteiger partial charge in [-0.1, -0.05) is 36.4 Å². The number of carbonyl (C=O) groups is 1. The van der Waals surface area contributed by atoms with Crippen molar-refractivity contribution in [1.29, 1.82) is 0 Å². The molecule has 0 fully saturated rings. The van der Waals surface area contributed by atoms with Gasteiger partial charge < -0.3 is 14.3 Å². The Bertz CT molecular complexity index is 1630. The van der Waals surface area contributed by atoms with E-state index in [4.69, 9.17) is 4.42 Å². The van der Waals surface area contributed by atoms with E-state index in [0.717, 1.165) is 70.7 Å². The lowest BCUT2D eigenvalue weighted by atomic mass is 9.93. The van der Waals surface area contributed by atoms with Gasteiger partial charge in [-0.2, -0.15) is 5.10 Å². The number of nitrogens with zero attached hydrogens (tertiary/aromatic N) is 2. The normalized spacial score (nSPS) is 14.3. The van der Waals surface area contributed by atoms with E-state index in [0.29, 0.717) is 5.76 Å². The minimum Gasteiger partial charge on any atom is -0.455 e. The summed E-state index contributed by atoms with van der Waals surface area (Å²) >= 11 is 0. The Morgan fingerprint density at radius 3 is 2.56 bits per heavy atom. The molecule has 0 bridgehead atoms. The lowest BCUT2D eigenvalue weighted by Crippen LogP contribution is -2.14. The lowest BCUT2D eigenvalue weighted by Gasteiger charge is -2.13. The van der Waals surface area contributed by atoms with E-state index < -0.39 is 0 Å². The zero-order chi connectivity index (χ0) is 24.6. The summed E-state index contributed by atoms with van der Waals surface area (Å²) in [5, 5.41) is 10.0. The summed E-state index contributed by atoms with van der Waals surface area (Å²) < 4.78 is 8.40. The van der Waals surface area contributed by atoms with Gasteiger partial charge in [-0.3, -0.25) is 10.2 Å². The number of aryl methyl sites for hydroxylation is 2. The highest BCUT2D eigenvalue weighted by molar-refractivity contribution is 6.12. The highest BCUT2D eigenvalue weighted by atomic mass is 16.4. The molecule has 1 aliphatic carbocycles. The quantitative estimate of drug-likeness (QED) is 0.265. The van der Waals surface area contributed by atoms with Gasteiger partial charge in [-0.25, -0.2) is 0 Å². The molecule has 0 atom stereocenters. The van der Waals surface area contributed by atoms with Crippen molar-refractivity contribution in [3.05, 3.63) is 95.4 Å². The average molecular weight is 477 g/mol. The first-order chi connectivity index (χ1) is 17.6. The van der Waals surface area contributed by atoms with Crippen LogP contribution in [0.5, 0.6) is 0 Å². The van der Waals surface area contributed by atoms with Gasteiger partial charge in [-0.05, 0) is 63.1 Å². The molecule has 5 aromatic rings. The molecule has 2 heterocycles. The largest absolute Gasteiger partial charge is 0.455 e. The van der Waals surface area contributed by atoms with E-state index in [2.05, 4.69) is 63.7 Å². The number of rotatable bonds is 5. The number of hydrazone groups is 1. The molecule has 0 aliphatic heterocycles. The molecule has 180 valence electrons. The Labute approximate surface area is 209 Å². The summed E-state index contributed by atoms with van der Waals surface area (Å²) in [5.41, 5.74) is 9.89. The van der Waals surface area contributed by atoms with E-state index in [1.54, 1.807) is 0 Å². The SMILES string of the molecule is CCn1c2ccccc2c2cc(NC(=O)c3oc4c(c3C)/C(=N/Nc3ccccc3)CCC4)ccc21. The number of aromatic nitrogens is 1. The Balaban J connectivity index is 1.31. The first-order valence-corrected chi connectivity index (χ1v) is 12.5. The van der Waals surface area contributed by atoms with Crippen molar-refractivity contribution in [2.24, 2.45) is 5.10 Å². The number of benzene rings is 3. The van der Waals surface area contributed by atoms with Gasteiger partial charge in [0.15, 0.2) is 5.76 Å². The van der Waals surface area contributed by atoms with Crippen molar-refractivity contribution < 1.29 is 9.21 Å². The molecule has 1 aliphatic rings. The molecule has 6 heteroatoms. The molecule has 1 amide bonds. The number of hydrogen-bond acceptors (Lipinski definition) is 4. The third-order valence-electron chi connectivity index (χ3n) is 6.97. The fraction of sp³-hybridized carbons (Fsp3) is 0.200. The van der Waals surface area contributed by atoms with Crippen LogP contribution in [-0.2, 0) is 13.0 Å². The van der Waals surface area contributed by atoms with Crippen LogP contribution < -0.4 is 10.7 Å². The summed E-state index contributed by atoms with van der Waals surface area (Å²) in [6.45, 7) is 4.98. The number of furan rings is 1. The molecule has 6 rings (SSSR count). The maximum Gasteiger partial charge on any atom is 0.291 e.